The smallest absolute Gasteiger partial charge is 0.222 e. The number of aliphatic imine (C=N–C) groups is 1. The number of carbonyl (C=O) groups is 1. The van der Waals surface area contributed by atoms with Gasteiger partial charge in [0.25, 0.3) is 0 Å². The van der Waals surface area contributed by atoms with Crippen LogP contribution in [0, 0.1) is 0 Å². The molecule has 3 heterocycles. The van der Waals surface area contributed by atoms with Gasteiger partial charge in [-0.3, -0.25) is 4.79 Å². The van der Waals surface area contributed by atoms with Gasteiger partial charge in [0.15, 0.2) is 5.11 Å². The summed E-state index contributed by atoms with van der Waals surface area (Å²) in [6.07, 6.45) is 0.262. The summed E-state index contributed by atoms with van der Waals surface area (Å²) >= 11 is 10.5. The lowest BCUT2D eigenvalue weighted by Gasteiger charge is -2.39. The highest BCUT2D eigenvalue weighted by Gasteiger charge is 2.33. The van der Waals surface area contributed by atoms with Crippen molar-refractivity contribution in [3.63, 3.8) is 0 Å². The fourth-order valence-corrected chi connectivity index (χ4v) is 6.08. The van der Waals surface area contributed by atoms with Crippen molar-refractivity contribution < 1.29 is 28.5 Å². The molecule has 0 radical (unpaired) electrons. The minimum absolute atomic E-state index is 0.0520. The summed E-state index contributed by atoms with van der Waals surface area (Å²) < 4.78 is 27.0. The Kier molecular flexibility index (Phi) is 23.2. The summed E-state index contributed by atoms with van der Waals surface area (Å²) in [5.41, 5.74) is 0.662. The normalized spacial score (nSPS) is 22.0. The Labute approximate surface area is 319 Å². The van der Waals surface area contributed by atoms with E-state index in [-0.39, 0.29) is 12.3 Å². The monoisotopic (exact) mass is 768 g/mol. The number of methoxy groups -OCH3 is 1. The average Bonchev–Trinajstić information content (AvgIpc) is 3.13. The number of ether oxygens (including phenoxy) is 5. The summed E-state index contributed by atoms with van der Waals surface area (Å²) in [5, 5.41) is 34.8. The quantitative estimate of drug-likeness (QED) is 0.0473. The predicted octanol–water partition coefficient (Wildman–Crippen LogP) is -1.03. The first-order valence-electron chi connectivity index (χ1n) is 18.1. The Morgan fingerprint density at radius 1 is 0.673 bits per heavy atom. The van der Waals surface area contributed by atoms with E-state index in [9.17, 15) is 4.79 Å². The minimum atomic E-state index is -0.527. The number of carbonyl (C=O) groups excluding carboxylic acids is 1. The second-order valence-corrected chi connectivity index (χ2v) is 13.3. The summed E-state index contributed by atoms with van der Waals surface area (Å²) in [6, 6.07) is 7.54. The molecule has 294 valence electrons. The number of fused-ring (bicyclic) bond motifs is 15. The zero-order valence-corrected chi connectivity index (χ0v) is 32.2. The first kappa shape index (κ1) is 44.1. The average molecular weight is 769 g/mol. The number of hydrogen-bond acceptors (Lipinski definition) is 15. The number of rotatable bonds is 19. The minimum Gasteiger partial charge on any atom is -0.382 e. The maximum absolute atomic E-state index is 13.2. The summed E-state index contributed by atoms with van der Waals surface area (Å²) in [7, 11) is 1.64. The summed E-state index contributed by atoms with van der Waals surface area (Å²) in [6.45, 7) is 12.5. The Morgan fingerprint density at radius 3 is 1.50 bits per heavy atom. The molecule has 3 fully saturated rings. The van der Waals surface area contributed by atoms with E-state index in [4.69, 9.17) is 48.1 Å². The lowest BCUT2D eigenvalue weighted by Crippen LogP contribution is -2.68. The molecule has 3 aliphatic rings. The van der Waals surface area contributed by atoms with Crippen LogP contribution in [0.3, 0.4) is 0 Å². The zero-order valence-electron chi connectivity index (χ0n) is 30.6. The van der Waals surface area contributed by atoms with Crippen LogP contribution in [0.15, 0.2) is 29.3 Å². The topological polar surface area (TPSA) is 184 Å². The molecule has 0 spiro atoms. The van der Waals surface area contributed by atoms with Gasteiger partial charge in [-0.25, -0.2) is 0 Å². The van der Waals surface area contributed by atoms with Crippen molar-refractivity contribution in [3.8, 4) is 0 Å². The van der Waals surface area contributed by atoms with Gasteiger partial charge < -0.3 is 71.5 Å². The second-order valence-electron chi connectivity index (χ2n) is 12.7. The first-order chi connectivity index (χ1) is 25.5. The van der Waals surface area contributed by atoms with E-state index in [1.807, 2.05) is 24.3 Å². The van der Waals surface area contributed by atoms with Crippen LogP contribution in [0.2, 0.25) is 0 Å². The van der Waals surface area contributed by atoms with Gasteiger partial charge in [0.2, 0.25) is 5.91 Å². The van der Waals surface area contributed by atoms with Crippen LogP contribution in [0.4, 0.5) is 11.4 Å². The highest BCUT2D eigenvalue weighted by molar-refractivity contribution is 7.80. The van der Waals surface area contributed by atoms with Crippen LogP contribution in [-0.4, -0.2) is 172 Å². The molecular weight excluding hydrogens is 709 g/mol. The van der Waals surface area contributed by atoms with Crippen LogP contribution in [0.1, 0.15) is 6.42 Å². The highest BCUT2D eigenvalue weighted by Crippen LogP contribution is 2.16. The van der Waals surface area contributed by atoms with Crippen molar-refractivity contribution >= 4 is 52.0 Å². The van der Waals surface area contributed by atoms with Crippen LogP contribution in [0.5, 0.6) is 0 Å². The van der Waals surface area contributed by atoms with Gasteiger partial charge >= 0.3 is 0 Å². The molecule has 3 aliphatic heterocycles. The van der Waals surface area contributed by atoms with Crippen molar-refractivity contribution in [1.82, 2.24) is 42.5 Å². The van der Waals surface area contributed by atoms with Crippen molar-refractivity contribution in [2.45, 2.75) is 17.5 Å². The maximum Gasteiger partial charge on any atom is 0.222 e. The van der Waals surface area contributed by atoms with E-state index < -0.39 is 11.1 Å². The number of nitrogens with zero attached hydrogens (tertiary/aromatic N) is 1. The van der Waals surface area contributed by atoms with Gasteiger partial charge in [-0.2, -0.15) is 4.99 Å². The maximum atomic E-state index is 13.2. The number of nitrogens with one attached hydrogen (secondary N) is 9. The third-order valence-corrected chi connectivity index (χ3v) is 8.62. The van der Waals surface area contributed by atoms with E-state index in [1.54, 1.807) is 7.11 Å². The van der Waals surface area contributed by atoms with Gasteiger partial charge in [0, 0.05) is 97.8 Å². The molecule has 0 atom stereocenters. The van der Waals surface area contributed by atoms with Gasteiger partial charge in [0.05, 0.1) is 81.4 Å². The Balaban J connectivity index is 1.44. The lowest BCUT2D eigenvalue weighted by atomic mass is 9.97. The number of thiocarbonyl (C=S) groups is 2. The van der Waals surface area contributed by atoms with Gasteiger partial charge in [0.1, 0.15) is 0 Å². The van der Waals surface area contributed by atoms with E-state index in [1.165, 1.54) is 0 Å². The molecule has 1 amide bonds. The Hall–Kier alpha value is -2.26. The molecule has 0 aliphatic carbocycles. The Morgan fingerprint density at radius 2 is 1.08 bits per heavy atom. The molecule has 2 bridgehead atoms. The molecule has 0 aromatic heterocycles. The van der Waals surface area contributed by atoms with E-state index >= 15 is 0 Å². The molecule has 4 rings (SSSR count). The van der Waals surface area contributed by atoms with Gasteiger partial charge in [-0.05, 0) is 48.7 Å². The number of anilines is 1. The predicted molar refractivity (Wildman–Crippen MR) is 211 cm³/mol. The van der Waals surface area contributed by atoms with Crippen LogP contribution in [0.25, 0.3) is 0 Å². The van der Waals surface area contributed by atoms with Crippen molar-refractivity contribution in [2.24, 2.45) is 4.99 Å². The third kappa shape index (κ3) is 19.2. The van der Waals surface area contributed by atoms with E-state index in [0.717, 1.165) is 50.6 Å². The molecule has 52 heavy (non-hydrogen) atoms. The molecule has 18 heteroatoms. The van der Waals surface area contributed by atoms with Crippen molar-refractivity contribution in [3.05, 3.63) is 24.3 Å². The molecule has 16 nitrogen and oxygen atoms in total. The lowest BCUT2D eigenvalue weighted by molar-refractivity contribution is -0.124. The molecule has 1 aromatic carbocycles. The first-order valence-corrected chi connectivity index (χ1v) is 18.9. The van der Waals surface area contributed by atoms with E-state index in [2.05, 4.69) is 58.0 Å². The van der Waals surface area contributed by atoms with Crippen LogP contribution >= 0.6 is 24.4 Å². The molecule has 3 saturated heterocycles. The number of hydrogen-bond donors (Lipinski definition) is 9. The van der Waals surface area contributed by atoms with Gasteiger partial charge in [-0.15, -0.1) is 0 Å². The van der Waals surface area contributed by atoms with E-state index in [0.29, 0.717) is 104 Å². The molecular formula is C34H60N10O6S2. The van der Waals surface area contributed by atoms with Crippen LogP contribution < -0.4 is 47.9 Å². The third-order valence-electron chi connectivity index (χ3n) is 8.32. The molecule has 0 saturated carbocycles. The molecule has 0 unspecified atom stereocenters. The highest BCUT2D eigenvalue weighted by atomic mass is 32.1. The zero-order chi connectivity index (χ0) is 37.0. The molecule has 1 aromatic rings. The SMILES string of the molecule is COCCOCCOCCOCCOCCC(=O)NC12CNCCNCC(NC(=S)Nc3ccc(N=C=S)cc3)(CNCCNC1)CNCCNC2. The van der Waals surface area contributed by atoms with Gasteiger partial charge in [-0.1, -0.05) is 0 Å². The van der Waals surface area contributed by atoms with Crippen LogP contribution in [-0.2, 0) is 28.5 Å². The fraction of sp³-hybridized carbons (Fsp3) is 0.735. The second kappa shape index (κ2) is 27.3. The van der Waals surface area contributed by atoms with Crippen molar-refractivity contribution in [2.75, 3.05) is 150 Å². The fourth-order valence-electron chi connectivity index (χ4n) is 5.64. The van der Waals surface area contributed by atoms with Crippen molar-refractivity contribution in [1.29, 1.82) is 0 Å². The number of isothiocyanates is 1. The summed E-state index contributed by atoms with van der Waals surface area (Å²) in [5.74, 6) is -0.0520. The standard InChI is InChI=1S/C34H60N10O6S2/c1-46-14-15-48-18-19-50-21-20-49-17-16-47-13-6-31(45)43-33-22-35-7-10-38-25-34(26-39-11-8-36-23-33,27-40-12-9-37-24-33)44-32(52)42-30-4-2-29(3-5-30)41-28-51/h2-5,35-40H,6-27H2,1H3,(H,43,45)(H2,42,44,52). The number of amides is 1. The Bertz CT molecular complexity index is 1140. The summed E-state index contributed by atoms with van der Waals surface area (Å²) in [4.78, 5) is 17.2. The number of benzene rings is 1. The largest absolute Gasteiger partial charge is 0.382 e. The molecule has 9 N–H and O–H groups in total.